The number of hydrogen-bond donors (Lipinski definition) is 0. The number of ether oxygens (including phenoxy) is 2. The third kappa shape index (κ3) is 2.09. The Balaban J connectivity index is 2.96. The van der Waals surface area contributed by atoms with Crippen LogP contribution in [0.4, 0.5) is 0 Å². The van der Waals surface area contributed by atoms with E-state index < -0.39 is 5.97 Å². The molecular formula is C9H12O4. The Morgan fingerprint density at radius 1 is 1.54 bits per heavy atom. The van der Waals surface area contributed by atoms with Gasteiger partial charge in [0.25, 0.3) is 0 Å². The van der Waals surface area contributed by atoms with Crippen molar-refractivity contribution in [1.29, 1.82) is 0 Å². The van der Waals surface area contributed by atoms with Gasteiger partial charge in [-0.1, -0.05) is 0 Å². The van der Waals surface area contributed by atoms with Gasteiger partial charge in [0.1, 0.15) is 23.7 Å². The smallest absolute Gasteiger partial charge is 0.341 e. The fourth-order valence-corrected chi connectivity index (χ4v) is 1.08. The summed E-state index contributed by atoms with van der Waals surface area (Å²) < 4.78 is 14.7. The van der Waals surface area contributed by atoms with Crippen molar-refractivity contribution in [1.82, 2.24) is 0 Å². The molecule has 1 heterocycles. The Bertz CT molecular complexity index is 301. The molecule has 1 rings (SSSR count). The largest absolute Gasteiger partial charge is 0.465 e. The van der Waals surface area contributed by atoms with Crippen molar-refractivity contribution in [3.63, 3.8) is 0 Å². The number of esters is 1. The maximum absolute atomic E-state index is 11.2. The summed E-state index contributed by atoms with van der Waals surface area (Å²) >= 11 is 0. The topological polar surface area (TPSA) is 48.7 Å². The monoisotopic (exact) mass is 184 g/mol. The van der Waals surface area contributed by atoms with E-state index in [4.69, 9.17) is 9.15 Å². The molecule has 0 N–H and O–H groups in total. The number of methoxy groups -OCH3 is 2. The molecule has 72 valence electrons. The summed E-state index contributed by atoms with van der Waals surface area (Å²) in [5.41, 5.74) is 0.432. The standard InChI is InChI=1S/C9H12O4/c1-6-4-7(9(10)12-3)8(13-6)5-11-2/h4H,5H2,1-3H3. The van der Waals surface area contributed by atoms with Crippen molar-refractivity contribution in [3.8, 4) is 0 Å². The Morgan fingerprint density at radius 2 is 2.23 bits per heavy atom. The molecule has 4 nitrogen and oxygen atoms in total. The fraction of sp³-hybridized carbons (Fsp3) is 0.444. The molecule has 0 atom stereocenters. The van der Waals surface area contributed by atoms with Crippen LogP contribution in [-0.2, 0) is 16.1 Å². The lowest BCUT2D eigenvalue weighted by Crippen LogP contribution is -2.03. The first-order chi connectivity index (χ1) is 6.19. The lowest BCUT2D eigenvalue weighted by Gasteiger charge is -1.98. The molecule has 0 radical (unpaired) electrons. The second-order valence-electron chi connectivity index (χ2n) is 2.62. The van der Waals surface area contributed by atoms with Crippen LogP contribution in [0.1, 0.15) is 21.9 Å². The molecular weight excluding hydrogens is 172 g/mol. The Hall–Kier alpha value is -1.29. The van der Waals surface area contributed by atoms with Crippen molar-refractivity contribution >= 4 is 5.97 Å². The van der Waals surface area contributed by atoms with Crippen LogP contribution in [0.15, 0.2) is 10.5 Å². The highest BCUT2D eigenvalue weighted by Crippen LogP contribution is 2.16. The van der Waals surface area contributed by atoms with Crippen LogP contribution >= 0.6 is 0 Å². The fourth-order valence-electron chi connectivity index (χ4n) is 1.08. The highest BCUT2D eigenvalue weighted by molar-refractivity contribution is 5.90. The average molecular weight is 184 g/mol. The summed E-state index contributed by atoms with van der Waals surface area (Å²) in [6, 6.07) is 1.64. The Morgan fingerprint density at radius 3 is 2.77 bits per heavy atom. The number of furan rings is 1. The van der Waals surface area contributed by atoms with E-state index in [1.54, 1.807) is 20.1 Å². The first-order valence-electron chi connectivity index (χ1n) is 3.85. The zero-order valence-corrected chi connectivity index (χ0v) is 7.92. The number of hydrogen-bond acceptors (Lipinski definition) is 4. The van der Waals surface area contributed by atoms with Gasteiger partial charge in [-0.2, -0.15) is 0 Å². The van der Waals surface area contributed by atoms with E-state index in [0.717, 1.165) is 0 Å². The van der Waals surface area contributed by atoms with Crippen LogP contribution in [0.5, 0.6) is 0 Å². The van der Waals surface area contributed by atoms with E-state index in [9.17, 15) is 4.79 Å². The highest BCUT2D eigenvalue weighted by atomic mass is 16.5. The lowest BCUT2D eigenvalue weighted by atomic mass is 10.2. The van der Waals surface area contributed by atoms with Gasteiger partial charge in [-0.3, -0.25) is 0 Å². The van der Waals surface area contributed by atoms with Gasteiger partial charge in [0.05, 0.1) is 7.11 Å². The molecule has 0 aliphatic carbocycles. The molecule has 0 spiro atoms. The summed E-state index contributed by atoms with van der Waals surface area (Å²) in [6.45, 7) is 2.05. The van der Waals surface area contributed by atoms with Crippen molar-refractivity contribution in [3.05, 3.63) is 23.2 Å². The van der Waals surface area contributed by atoms with E-state index >= 15 is 0 Å². The predicted molar refractivity (Wildman–Crippen MR) is 45.5 cm³/mol. The molecule has 0 saturated heterocycles. The summed E-state index contributed by atoms with van der Waals surface area (Å²) in [5, 5.41) is 0. The van der Waals surface area contributed by atoms with Crippen molar-refractivity contribution in [2.75, 3.05) is 14.2 Å². The molecule has 0 fully saturated rings. The summed E-state index contributed by atoms with van der Waals surface area (Å²) in [6.07, 6.45) is 0. The predicted octanol–water partition coefficient (Wildman–Crippen LogP) is 1.52. The van der Waals surface area contributed by atoms with Gasteiger partial charge in [0.15, 0.2) is 0 Å². The normalized spacial score (nSPS) is 10.1. The minimum absolute atomic E-state index is 0.276. The average Bonchev–Trinajstić information content (AvgIpc) is 2.46. The van der Waals surface area contributed by atoms with E-state index in [2.05, 4.69) is 4.74 Å². The van der Waals surface area contributed by atoms with Crippen molar-refractivity contribution < 1.29 is 18.7 Å². The molecule has 0 unspecified atom stereocenters. The van der Waals surface area contributed by atoms with Crippen LogP contribution in [0.2, 0.25) is 0 Å². The molecule has 1 aromatic heterocycles. The molecule has 1 aromatic rings. The molecule has 0 saturated carbocycles. The third-order valence-corrected chi connectivity index (χ3v) is 1.61. The molecule has 0 aliphatic rings. The number of rotatable bonds is 3. The minimum Gasteiger partial charge on any atom is -0.465 e. The highest BCUT2D eigenvalue weighted by Gasteiger charge is 2.16. The maximum Gasteiger partial charge on any atom is 0.341 e. The van der Waals surface area contributed by atoms with Gasteiger partial charge in [0.2, 0.25) is 0 Å². The second-order valence-corrected chi connectivity index (χ2v) is 2.62. The van der Waals surface area contributed by atoms with Crippen molar-refractivity contribution in [2.24, 2.45) is 0 Å². The Labute approximate surface area is 76.4 Å². The number of carbonyl (C=O) groups is 1. The van der Waals surface area contributed by atoms with Gasteiger partial charge in [-0.05, 0) is 13.0 Å². The van der Waals surface area contributed by atoms with Gasteiger partial charge >= 0.3 is 5.97 Å². The van der Waals surface area contributed by atoms with E-state index in [-0.39, 0.29) is 6.61 Å². The van der Waals surface area contributed by atoms with Crippen LogP contribution < -0.4 is 0 Å². The van der Waals surface area contributed by atoms with Gasteiger partial charge in [0, 0.05) is 7.11 Å². The van der Waals surface area contributed by atoms with Gasteiger partial charge < -0.3 is 13.9 Å². The van der Waals surface area contributed by atoms with Crippen LogP contribution in [0.3, 0.4) is 0 Å². The van der Waals surface area contributed by atoms with E-state index in [0.29, 0.717) is 17.1 Å². The molecule has 4 heteroatoms. The minimum atomic E-state index is -0.399. The van der Waals surface area contributed by atoms with Crippen LogP contribution in [0, 0.1) is 6.92 Å². The lowest BCUT2D eigenvalue weighted by molar-refractivity contribution is 0.0592. The summed E-state index contributed by atoms with van der Waals surface area (Å²) in [7, 11) is 2.88. The zero-order chi connectivity index (χ0) is 9.84. The summed E-state index contributed by atoms with van der Waals surface area (Å²) in [4.78, 5) is 11.2. The van der Waals surface area contributed by atoms with Gasteiger partial charge in [-0.15, -0.1) is 0 Å². The quantitative estimate of drug-likeness (QED) is 0.668. The van der Waals surface area contributed by atoms with Crippen molar-refractivity contribution in [2.45, 2.75) is 13.5 Å². The zero-order valence-electron chi connectivity index (χ0n) is 7.92. The number of carbonyl (C=O) groups excluding carboxylic acids is 1. The molecule has 0 bridgehead atoms. The molecule has 0 aromatic carbocycles. The van der Waals surface area contributed by atoms with Crippen LogP contribution in [0.25, 0.3) is 0 Å². The molecule has 13 heavy (non-hydrogen) atoms. The maximum atomic E-state index is 11.2. The number of aryl methyl sites for hydroxylation is 1. The Kier molecular flexibility index (Phi) is 3.08. The first kappa shape index (κ1) is 9.80. The molecule has 0 aliphatic heterocycles. The van der Waals surface area contributed by atoms with Crippen LogP contribution in [-0.4, -0.2) is 20.2 Å². The van der Waals surface area contributed by atoms with E-state index in [1.807, 2.05) is 0 Å². The summed E-state index contributed by atoms with van der Waals surface area (Å²) in [5.74, 6) is 0.781. The van der Waals surface area contributed by atoms with Gasteiger partial charge in [-0.25, -0.2) is 4.79 Å². The first-order valence-corrected chi connectivity index (χ1v) is 3.85. The SMILES string of the molecule is COCc1oc(C)cc1C(=O)OC. The molecule has 0 amide bonds. The van der Waals surface area contributed by atoms with E-state index in [1.165, 1.54) is 7.11 Å². The third-order valence-electron chi connectivity index (χ3n) is 1.61. The second kappa shape index (κ2) is 4.09.